The van der Waals surface area contributed by atoms with E-state index in [0.29, 0.717) is 17.2 Å². The molecule has 25 heavy (non-hydrogen) atoms. The summed E-state index contributed by atoms with van der Waals surface area (Å²) in [6.07, 6.45) is 1.69. The van der Waals surface area contributed by atoms with E-state index in [9.17, 15) is 4.79 Å². The number of rotatable bonds is 3. The summed E-state index contributed by atoms with van der Waals surface area (Å²) in [6, 6.07) is 13.0. The van der Waals surface area contributed by atoms with Crippen LogP contribution in [0.25, 0.3) is 17.0 Å². The lowest BCUT2D eigenvalue weighted by molar-refractivity contribution is 0.564. The van der Waals surface area contributed by atoms with Crippen molar-refractivity contribution < 1.29 is 0 Å². The lowest BCUT2D eigenvalue weighted by Crippen LogP contribution is -2.17. The second-order valence-electron chi connectivity index (χ2n) is 5.67. The van der Waals surface area contributed by atoms with E-state index in [-0.39, 0.29) is 12.1 Å². The Bertz CT molecular complexity index is 1120. The molecule has 0 unspecified atom stereocenters. The van der Waals surface area contributed by atoms with Gasteiger partial charge in [-0.25, -0.2) is 4.98 Å². The summed E-state index contributed by atoms with van der Waals surface area (Å²) in [5.74, 6) is 0.543. The number of aryl methyl sites for hydroxylation is 1. The third-order valence-electron chi connectivity index (χ3n) is 3.74. The summed E-state index contributed by atoms with van der Waals surface area (Å²) in [4.78, 5) is 18.2. The fourth-order valence-corrected chi connectivity index (χ4v) is 2.82. The van der Waals surface area contributed by atoms with Crippen molar-refractivity contribution in [3.8, 4) is 11.4 Å². The molecule has 0 aliphatic carbocycles. The number of pyridine rings is 1. The van der Waals surface area contributed by atoms with Crippen LogP contribution >= 0.6 is 15.9 Å². The number of tetrazole rings is 1. The van der Waals surface area contributed by atoms with Crippen LogP contribution in [0, 0.1) is 6.92 Å². The van der Waals surface area contributed by atoms with Gasteiger partial charge >= 0.3 is 0 Å². The first-order valence-electron chi connectivity index (χ1n) is 7.61. The molecule has 4 rings (SSSR count). The minimum Gasteiger partial charge on any atom is -0.269 e. The van der Waals surface area contributed by atoms with Gasteiger partial charge in [-0.15, -0.1) is 10.2 Å². The molecule has 3 heterocycles. The van der Waals surface area contributed by atoms with Crippen molar-refractivity contribution in [1.82, 2.24) is 29.6 Å². The molecule has 0 radical (unpaired) electrons. The largest absolute Gasteiger partial charge is 0.269 e. The zero-order valence-corrected chi connectivity index (χ0v) is 14.9. The average molecular weight is 397 g/mol. The highest BCUT2D eigenvalue weighted by Gasteiger charge is 2.08. The Morgan fingerprint density at radius 3 is 2.72 bits per heavy atom. The molecule has 7 nitrogen and oxygen atoms in total. The van der Waals surface area contributed by atoms with Gasteiger partial charge in [0.1, 0.15) is 12.2 Å². The van der Waals surface area contributed by atoms with Crippen LogP contribution in [0.5, 0.6) is 0 Å². The second-order valence-corrected chi connectivity index (χ2v) is 6.59. The van der Waals surface area contributed by atoms with Gasteiger partial charge in [-0.2, -0.15) is 4.80 Å². The number of benzene rings is 1. The lowest BCUT2D eigenvalue weighted by Gasteiger charge is -2.03. The molecule has 0 atom stereocenters. The highest BCUT2D eigenvalue weighted by Crippen LogP contribution is 2.14. The van der Waals surface area contributed by atoms with Gasteiger partial charge in [0, 0.05) is 22.3 Å². The summed E-state index contributed by atoms with van der Waals surface area (Å²) >= 11 is 3.35. The van der Waals surface area contributed by atoms with E-state index in [1.165, 1.54) is 20.8 Å². The van der Waals surface area contributed by atoms with Crippen molar-refractivity contribution in [1.29, 1.82) is 0 Å². The molecule has 8 heteroatoms. The van der Waals surface area contributed by atoms with Gasteiger partial charge in [0.15, 0.2) is 0 Å². The Labute approximate surface area is 151 Å². The maximum atomic E-state index is 12.2. The zero-order valence-electron chi connectivity index (χ0n) is 13.3. The predicted octanol–water partition coefficient (Wildman–Crippen LogP) is 2.47. The van der Waals surface area contributed by atoms with Gasteiger partial charge in [-0.1, -0.05) is 29.8 Å². The van der Waals surface area contributed by atoms with Gasteiger partial charge in [0.25, 0.3) is 5.56 Å². The molecular formula is C17H13BrN6O. The van der Waals surface area contributed by atoms with Crippen LogP contribution < -0.4 is 5.56 Å². The molecule has 4 aromatic rings. The Kier molecular flexibility index (Phi) is 3.89. The van der Waals surface area contributed by atoms with Crippen LogP contribution in [-0.4, -0.2) is 29.6 Å². The van der Waals surface area contributed by atoms with Crippen LogP contribution in [-0.2, 0) is 6.54 Å². The topological polar surface area (TPSA) is 78.0 Å². The van der Waals surface area contributed by atoms with E-state index in [0.717, 1.165) is 10.0 Å². The van der Waals surface area contributed by atoms with Gasteiger partial charge in [0.2, 0.25) is 5.82 Å². The monoisotopic (exact) mass is 396 g/mol. The second kappa shape index (κ2) is 6.21. The van der Waals surface area contributed by atoms with E-state index in [4.69, 9.17) is 0 Å². The molecule has 0 aliphatic heterocycles. The first-order chi connectivity index (χ1) is 12.1. The van der Waals surface area contributed by atoms with Gasteiger partial charge in [-0.3, -0.25) is 9.20 Å². The van der Waals surface area contributed by atoms with Crippen LogP contribution in [0.4, 0.5) is 0 Å². The molecule has 0 amide bonds. The highest BCUT2D eigenvalue weighted by atomic mass is 79.9. The molecule has 0 fully saturated rings. The number of hydrogen-bond acceptors (Lipinski definition) is 5. The fourth-order valence-electron chi connectivity index (χ4n) is 2.48. The van der Waals surface area contributed by atoms with Crippen LogP contribution in [0.1, 0.15) is 11.3 Å². The number of aromatic nitrogens is 6. The summed E-state index contributed by atoms with van der Waals surface area (Å²) < 4.78 is 2.30. The zero-order chi connectivity index (χ0) is 17.4. The van der Waals surface area contributed by atoms with E-state index in [2.05, 4.69) is 36.3 Å². The predicted molar refractivity (Wildman–Crippen MR) is 96.3 cm³/mol. The number of fused-ring (bicyclic) bond motifs is 1. The number of nitrogens with zero attached hydrogens (tertiary/aromatic N) is 6. The van der Waals surface area contributed by atoms with E-state index < -0.39 is 0 Å². The third-order valence-corrected chi connectivity index (χ3v) is 4.21. The van der Waals surface area contributed by atoms with Crippen LogP contribution in [0.2, 0.25) is 0 Å². The quantitative estimate of drug-likeness (QED) is 0.531. The number of halogens is 1. The molecule has 0 N–H and O–H groups in total. The standard InChI is InChI=1S/C17H13BrN6O/c1-11-2-4-12(5-3-11)17-20-22-24(21-17)10-14-8-16(25)23-9-13(18)6-7-15(23)19-14/h2-9H,10H2,1H3. The molecule has 124 valence electrons. The van der Waals surface area contributed by atoms with E-state index in [1.807, 2.05) is 37.3 Å². The molecule has 0 aliphatic rings. The Hall–Kier alpha value is -2.87. The lowest BCUT2D eigenvalue weighted by atomic mass is 10.1. The minimum atomic E-state index is -0.153. The maximum absolute atomic E-state index is 12.2. The molecule has 1 aromatic carbocycles. The molecule has 0 saturated carbocycles. The SMILES string of the molecule is Cc1ccc(-c2nnn(Cc3cc(=O)n4cc(Br)ccc4n3)n2)cc1. The van der Waals surface area contributed by atoms with Crippen molar-refractivity contribution in [3.05, 3.63) is 74.7 Å². The molecule has 0 saturated heterocycles. The first kappa shape index (κ1) is 15.6. The molecule has 0 bridgehead atoms. The van der Waals surface area contributed by atoms with E-state index >= 15 is 0 Å². The molecular weight excluding hydrogens is 384 g/mol. The highest BCUT2D eigenvalue weighted by molar-refractivity contribution is 9.10. The van der Waals surface area contributed by atoms with Crippen LogP contribution in [0.3, 0.4) is 0 Å². The Balaban J connectivity index is 1.64. The first-order valence-corrected chi connectivity index (χ1v) is 8.40. The van der Waals surface area contributed by atoms with E-state index in [1.54, 1.807) is 12.3 Å². The van der Waals surface area contributed by atoms with Crippen LogP contribution in [0.15, 0.2) is 57.9 Å². The molecule has 0 spiro atoms. The van der Waals surface area contributed by atoms with Crippen molar-refractivity contribution >= 4 is 21.6 Å². The van der Waals surface area contributed by atoms with Crippen molar-refractivity contribution in [2.75, 3.05) is 0 Å². The summed E-state index contributed by atoms with van der Waals surface area (Å²) in [7, 11) is 0. The van der Waals surface area contributed by atoms with Gasteiger partial charge in [0.05, 0.1) is 5.69 Å². The smallest absolute Gasteiger partial charge is 0.258 e. The Morgan fingerprint density at radius 1 is 1.12 bits per heavy atom. The summed E-state index contributed by atoms with van der Waals surface area (Å²) in [6.45, 7) is 2.30. The van der Waals surface area contributed by atoms with Crippen molar-refractivity contribution in [2.45, 2.75) is 13.5 Å². The maximum Gasteiger partial charge on any atom is 0.258 e. The minimum absolute atomic E-state index is 0.153. The number of hydrogen-bond donors (Lipinski definition) is 0. The van der Waals surface area contributed by atoms with Gasteiger partial charge < -0.3 is 0 Å². The third kappa shape index (κ3) is 3.20. The molecule has 3 aromatic heterocycles. The Morgan fingerprint density at radius 2 is 1.92 bits per heavy atom. The van der Waals surface area contributed by atoms with Crippen molar-refractivity contribution in [3.63, 3.8) is 0 Å². The normalized spacial score (nSPS) is 11.1. The summed E-state index contributed by atoms with van der Waals surface area (Å²) in [5, 5.41) is 12.5. The van der Waals surface area contributed by atoms with Gasteiger partial charge in [-0.05, 0) is 40.2 Å². The summed E-state index contributed by atoms with van der Waals surface area (Å²) in [5.41, 5.74) is 3.07. The van der Waals surface area contributed by atoms with Crippen molar-refractivity contribution in [2.24, 2.45) is 0 Å². The fraction of sp³-hybridized carbons (Fsp3) is 0.118. The average Bonchev–Trinajstić information content (AvgIpc) is 3.05.